The van der Waals surface area contributed by atoms with Gasteiger partial charge in [-0.1, -0.05) is 13.3 Å². The van der Waals surface area contributed by atoms with Crippen molar-refractivity contribution in [2.24, 2.45) is 5.41 Å². The number of rotatable bonds is 6. The van der Waals surface area contributed by atoms with Crippen molar-refractivity contribution in [2.45, 2.75) is 46.1 Å². The Balaban J connectivity index is 1.78. The molecular formula is C15H22N2O4. The lowest BCUT2D eigenvalue weighted by Crippen LogP contribution is -2.45. The summed E-state index contributed by atoms with van der Waals surface area (Å²) >= 11 is 0. The predicted octanol–water partition coefficient (Wildman–Crippen LogP) is 2.67. The largest absolute Gasteiger partial charge is 0.478 e. The highest BCUT2D eigenvalue weighted by molar-refractivity contribution is 5.88. The van der Waals surface area contributed by atoms with Crippen LogP contribution >= 0.6 is 0 Å². The minimum absolute atomic E-state index is 0.131. The molecule has 21 heavy (non-hydrogen) atoms. The van der Waals surface area contributed by atoms with E-state index in [1.165, 1.54) is 25.3 Å². The summed E-state index contributed by atoms with van der Waals surface area (Å²) in [6, 6.07) is 1.19. The summed E-state index contributed by atoms with van der Waals surface area (Å²) in [5, 5.41) is 14.5. The molecule has 0 unspecified atom stereocenters. The molecule has 2 amide bonds. The zero-order chi connectivity index (χ0) is 15.5. The van der Waals surface area contributed by atoms with Crippen LogP contribution in [0.3, 0.4) is 0 Å². The van der Waals surface area contributed by atoms with Gasteiger partial charge in [0, 0.05) is 6.54 Å². The third-order valence-electron chi connectivity index (χ3n) is 4.41. The molecule has 1 fully saturated rings. The third kappa shape index (κ3) is 3.56. The topological polar surface area (TPSA) is 91.6 Å². The fourth-order valence-electron chi connectivity index (χ4n) is 2.67. The van der Waals surface area contributed by atoms with Gasteiger partial charge >= 0.3 is 12.0 Å². The lowest BCUT2D eigenvalue weighted by molar-refractivity contribution is 0.0695. The smallest absolute Gasteiger partial charge is 0.339 e. The van der Waals surface area contributed by atoms with E-state index in [-0.39, 0.29) is 23.6 Å². The second kappa shape index (κ2) is 6.20. The van der Waals surface area contributed by atoms with Crippen molar-refractivity contribution in [3.05, 3.63) is 23.2 Å². The van der Waals surface area contributed by atoms with Crippen LogP contribution in [-0.4, -0.2) is 23.7 Å². The van der Waals surface area contributed by atoms with Crippen LogP contribution in [0.2, 0.25) is 0 Å². The van der Waals surface area contributed by atoms with Crippen LogP contribution in [0.25, 0.3) is 0 Å². The highest BCUT2D eigenvalue weighted by Crippen LogP contribution is 2.42. The van der Waals surface area contributed by atoms with Gasteiger partial charge in [-0.05, 0) is 37.7 Å². The van der Waals surface area contributed by atoms with Gasteiger partial charge in [0.05, 0.1) is 6.54 Å². The number of nitrogens with one attached hydrogen (secondary N) is 2. The van der Waals surface area contributed by atoms with Crippen LogP contribution in [0.5, 0.6) is 0 Å². The molecular weight excluding hydrogens is 272 g/mol. The van der Waals surface area contributed by atoms with Crippen LogP contribution in [0.4, 0.5) is 4.79 Å². The molecule has 0 saturated heterocycles. The average molecular weight is 294 g/mol. The van der Waals surface area contributed by atoms with Crippen LogP contribution in [-0.2, 0) is 6.54 Å². The lowest BCUT2D eigenvalue weighted by Gasteiger charge is -2.41. The first kappa shape index (κ1) is 15.4. The van der Waals surface area contributed by atoms with Gasteiger partial charge in [-0.15, -0.1) is 0 Å². The Morgan fingerprint density at radius 1 is 1.38 bits per heavy atom. The molecule has 0 aromatic carbocycles. The lowest BCUT2D eigenvalue weighted by atomic mass is 9.67. The quantitative estimate of drug-likeness (QED) is 0.752. The van der Waals surface area contributed by atoms with E-state index in [1.807, 2.05) is 0 Å². The Kier molecular flexibility index (Phi) is 4.55. The van der Waals surface area contributed by atoms with Crippen molar-refractivity contribution in [3.8, 4) is 0 Å². The molecule has 2 rings (SSSR count). The van der Waals surface area contributed by atoms with E-state index in [1.54, 1.807) is 6.92 Å². The summed E-state index contributed by atoms with van der Waals surface area (Å²) in [6.45, 7) is 4.61. The fourth-order valence-corrected chi connectivity index (χ4v) is 2.67. The molecule has 1 aromatic heterocycles. The van der Waals surface area contributed by atoms with Gasteiger partial charge in [-0.25, -0.2) is 9.59 Å². The molecule has 0 atom stereocenters. The minimum Gasteiger partial charge on any atom is -0.478 e. The summed E-state index contributed by atoms with van der Waals surface area (Å²) in [5.41, 5.74) is 0.404. The van der Waals surface area contributed by atoms with E-state index in [9.17, 15) is 9.59 Å². The summed E-state index contributed by atoms with van der Waals surface area (Å²) in [6.07, 6.45) is 4.65. The van der Waals surface area contributed by atoms with E-state index in [0.717, 1.165) is 6.42 Å². The number of hydrogen-bond donors (Lipinski definition) is 3. The molecule has 3 N–H and O–H groups in total. The number of hydrogen-bond acceptors (Lipinski definition) is 3. The van der Waals surface area contributed by atoms with Gasteiger partial charge < -0.3 is 20.2 Å². The van der Waals surface area contributed by atoms with Gasteiger partial charge in [0.15, 0.2) is 0 Å². The SMILES string of the molecule is CCC1(CNC(=O)NCc2cc(C(=O)O)c(C)o2)CCC1. The normalized spacial score (nSPS) is 16.1. The van der Waals surface area contributed by atoms with Gasteiger partial charge in [-0.2, -0.15) is 0 Å². The number of aryl methyl sites for hydroxylation is 1. The molecule has 1 aliphatic rings. The maximum absolute atomic E-state index is 11.8. The van der Waals surface area contributed by atoms with E-state index in [2.05, 4.69) is 17.6 Å². The number of urea groups is 1. The van der Waals surface area contributed by atoms with Crippen LogP contribution in [0.1, 0.15) is 54.5 Å². The second-order valence-corrected chi connectivity index (χ2v) is 5.73. The van der Waals surface area contributed by atoms with Crippen molar-refractivity contribution in [3.63, 3.8) is 0 Å². The zero-order valence-electron chi connectivity index (χ0n) is 12.5. The number of carbonyl (C=O) groups excluding carboxylic acids is 1. The van der Waals surface area contributed by atoms with Gasteiger partial charge in [0.1, 0.15) is 17.1 Å². The van der Waals surface area contributed by atoms with Crippen molar-refractivity contribution in [1.29, 1.82) is 0 Å². The number of carboxylic acids is 1. The monoisotopic (exact) mass is 294 g/mol. The number of carbonyl (C=O) groups is 2. The maximum atomic E-state index is 11.8. The third-order valence-corrected chi connectivity index (χ3v) is 4.41. The first-order chi connectivity index (χ1) is 9.96. The number of carboxylic acid groups (broad SMARTS) is 1. The Hall–Kier alpha value is -1.98. The summed E-state index contributed by atoms with van der Waals surface area (Å²) < 4.78 is 5.30. The van der Waals surface area contributed by atoms with E-state index >= 15 is 0 Å². The molecule has 1 heterocycles. The van der Waals surface area contributed by atoms with Crippen molar-refractivity contribution in [1.82, 2.24) is 10.6 Å². The maximum Gasteiger partial charge on any atom is 0.339 e. The molecule has 1 aliphatic carbocycles. The van der Waals surface area contributed by atoms with Crippen LogP contribution in [0, 0.1) is 12.3 Å². The molecule has 116 valence electrons. The zero-order valence-corrected chi connectivity index (χ0v) is 12.5. The van der Waals surface area contributed by atoms with Gasteiger partial charge in [0.25, 0.3) is 0 Å². The first-order valence-corrected chi connectivity index (χ1v) is 7.30. The highest BCUT2D eigenvalue weighted by Gasteiger charge is 2.35. The van der Waals surface area contributed by atoms with E-state index < -0.39 is 5.97 Å². The second-order valence-electron chi connectivity index (χ2n) is 5.73. The Labute approximate surface area is 123 Å². The molecule has 0 aliphatic heterocycles. The molecule has 6 nitrogen and oxygen atoms in total. The van der Waals surface area contributed by atoms with Crippen LogP contribution < -0.4 is 10.6 Å². The standard InChI is InChI=1S/C15H22N2O4/c1-3-15(5-4-6-15)9-17-14(20)16-8-11-7-12(13(18)19)10(2)21-11/h7H,3-6,8-9H2,1-2H3,(H,18,19)(H2,16,17,20). The van der Waals surface area contributed by atoms with E-state index in [0.29, 0.717) is 18.1 Å². The number of furan rings is 1. The molecule has 1 aromatic rings. The minimum atomic E-state index is -1.03. The predicted molar refractivity (Wildman–Crippen MR) is 77.2 cm³/mol. The van der Waals surface area contributed by atoms with Crippen molar-refractivity contribution >= 4 is 12.0 Å². The molecule has 1 saturated carbocycles. The fraction of sp³-hybridized carbons (Fsp3) is 0.600. The van der Waals surface area contributed by atoms with Gasteiger partial charge in [-0.3, -0.25) is 0 Å². The molecule has 0 bridgehead atoms. The Bertz CT molecular complexity index is 526. The van der Waals surface area contributed by atoms with Gasteiger partial charge in [0.2, 0.25) is 0 Å². The average Bonchev–Trinajstić information content (AvgIpc) is 2.77. The summed E-state index contributed by atoms with van der Waals surface area (Å²) in [5.74, 6) is -0.241. The first-order valence-electron chi connectivity index (χ1n) is 7.30. The summed E-state index contributed by atoms with van der Waals surface area (Å²) in [4.78, 5) is 22.7. The Morgan fingerprint density at radius 3 is 2.57 bits per heavy atom. The van der Waals surface area contributed by atoms with E-state index in [4.69, 9.17) is 9.52 Å². The van der Waals surface area contributed by atoms with Crippen molar-refractivity contribution < 1.29 is 19.1 Å². The molecule has 6 heteroatoms. The molecule has 0 spiro atoms. The Morgan fingerprint density at radius 2 is 2.10 bits per heavy atom. The number of aromatic carboxylic acids is 1. The molecule has 0 radical (unpaired) electrons. The highest BCUT2D eigenvalue weighted by atomic mass is 16.4. The van der Waals surface area contributed by atoms with Crippen LogP contribution in [0.15, 0.2) is 10.5 Å². The van der Waals surface area contributed by atoms with Crippen molar-refractivity contribution in [2.75, 3.05) is 6.54 Å². The number of amides is 2. The summed E-state index contributed by atoms with van der Waals surface area (Å²) in [7, 11) is 0.